The Labute approximate surface area is 206 Å². The number of rotatable bonds is 6. The van der Waals surface area contributed by atoms with Crippen LogP contribution in [0.3, 0.4) is 0 Å². The monoisotopic (exact) mass is 488 g/mol. The van der Waals surface area contributed by atoms with Crippen LogP contribution < -0.4 is 0 Å². The van der Waals surface area contributed by atoms with Crippen molar-refractivity contribution in [3.8, 4) is 23.0 Å². The van der Waals surface area contributed by atoms with Crippen molar-refractivity contribution >= 4 is 11.9 Å². The van der Waals surface area contributed by atoms with Crippen LogP contribution in [-0.4, -0.2) is 37.5 Å². The molecule has 0 aliphatic rings. The molecule has 0 saturated heterocycles. The Morgan fingerprint density at radius 2 is 1.25 bits per heavy atom. The number of aromatic hydroxyl groups is 4. The molecule has 0 saturated carbocycles. The van der Waals surface area contributed by atoms with Crippen molar-refractivity contribution in [3.63, 3.8) is 0 Å². The van der Waals surface area contributed by atoms with E-state index < -0.39 is 11.9 Å². The van der Waals surface area contributed by atoms with Crippen LogP contribution in [0, 0.1) is 0 Å². The third-order valence-corrected chi connectivity index (χ3v) is 5.14. The zero-order valence-corrected chi connectivity index (χ0v) is 19.0. The summed E-state index contributed by atoms with van der Waals surface area (Å²) in [5.74, 6) is -2.98. The van der Waals surface area contributed by atoms with Gasteiger partial charge in [-0.1, -0.05) is 60.7 Å². The Balaban J connectivity index is 0.000000201. The van der Waals surface area contributed by atoms with E-state index in [4.69, 9.17) is 14.9 Å². The number of phenolic OH excluding ortho intramolecular Hbond substituents is 4. The molecular weight excluding hydrogens is 464 g/mol. The van der Waals surface area contributed by atoms with Gasteiger partial charge in [0.05, 0.1) is 11.1 Å². The van der Waals surface area contributed by atoms with Crippen molar-refractivity contribution in [2.45, 2.75) is 13.0 Å². The summed E-state index contributed by atoms with van der Waals surface area (Å²) in [6.45, 7) is 0.168. The van der Waals surface area contributed by atoms with Crippen LogP contribution in [0.5, 0.6) is 23.0 Å². The number of carbonyl (C=O) groups is 2. The SMILES string of the molecule is O=C(O)c1ccc(O)c(O)c1Cc1ccccc1.O=C(OCc1ccccc1)c1ccc(O)c(O)c1. The van der Waals surface area contributed by atoms with E-state index in [1.54, 1.807) is 0 Å². The van der Waals surface area contributed by atoms with E-state index in [0.717, 1.165) is 11.1 Å². The normalized spacial score (nSPS) is 10.1. The Hall–Kier alpha value is -4.98. The lowest BCUT2D eigenvalue weighted by Crippen LogP contribution is -2.04. The van der Waals surface area contributed by atoms with Crippen molar-refractivity contribution < 1.29 is 39.9 Å². The van der Waals surface area contributed by atoms with Gasteiger partial charge in [-0.15, -0.1) is 0 Å². The molecule has 0 spiro atoms. The van der Waals surface area contributed by atoms with Gasteiger partial charge in [0.1, 0.15) is 6.61 Å². The van der Waals surface area contributed by atoms with Gasteiger partial charge in [0.15, 0.2) is 23.0 Å². The van der Waals surface area contributed by atoms with E-state index in [9.17, 15) is 24.9 Å². The minimum Gasteiger partial charge on any atom is -0.504 e. The molecule has 0 atom stereocenters. The molecule has 0 aromatic heterocycles. The largest absolute Gasteiger partial charge is 0.504 e. The molecule has 0 unspecified atom stereocenters. The number of aromatic carboxylic acids is 1. The lowest BCUT2D eigenvalue weighted by molar-refractivity contribution is 0.0472. The summed E-state index contributed by atoms with van der Waals surface area (Å²) in [4.78, 5) is 22.7. The van der Waals surface area contributed by atoms with E-state index in [1.165, 1.54) is 30.3 Å². The number of hydrogen-bond acceptors (Lipinski definition) is 7. The minimum atomic E-state index is -1.13. The molecule has 0 aliphatic heterocycles. The number of carboxylic acids is 1. The molecule has 0 amide bonds. The summed E-state index contributed by atoms with van der Waals surface area (Å²) in [7, 11) is 0. The molecule has 4 aromatic carbocycles. The summed E-state index contributed by atoms with van der Waals surface area (Å²) in [6, 6.07) is 24.7. The maximum Gasteiger partial charge on any atom is 0.338 e. The van der Waals surface area contributed by atoms with Crippen LogP contribution in [0.1, 0.15) is 37.4 Å². The third kappa shape index (κ3) is 6.77. The van der Waals surface area contributed by atoms with Crippen LogP contribution in [0.15, 0.2) is 91.0 Å². The Kier molecular flexibility index (Phi) is 8.50. The highest BCUT2D eigenvalue weighted by molar-refractivity contribution is 5.91. The van der Waals surface area contributed by atoms with Crippen molar-refractivity contribution in [2.24, 2.45) is 0 Å². The summed E-state index contributed by atoms with van der Waals surface area (Å²) in [6.07, 6.45) is 0.253. The lowest BCUT2D eigenvalue weighted by atomic mass is 9.98. The standard InChI is InChI=1S/2C14H12O4/c15-12-7-6-11(8-13(12)16)14(17)18-9-10-4-2-1-3-5-10;15-12-7-6-10(14(17)18)11(13(12)16)8-9-4-2-1-3-5-9/h1-8,15-16H,9H2;1-7,15-16H,8H2,(H,17,18). The summed E-state index contributed by atoms with van der Waals surface area (Å²) in [5.41, 5.74) is 2.15. The first-order valence-corrected chi connectivity index (χ1v) is 10.8. The number of carbonyl (C=O) groups excluding carboxylic acids is 1. The van der Waals surface area contributed by atoms with Gasteiger partial charge in [0.2, 0.25) is 0 Å². The van der Waals surface area contributed by atoms with E-state index >= 15 is 0 Å². The summed E-state index contributed by atoms with van der Waals surface area (Å²) >= 11 is 0. The molecule has 0 bridgehead atoms. The summed E-state index contributed by atoms with van der Waals surface area (Å²) in [5, 5.41) is 46.7. The van der Waals surface area contributed by atoms with Crippen LogP contribution in [0.4, 0.5) is 0 Å². The quantitative estimate of drug-likeness (QED) is 0.191. The third-order valence-electron chi connectivity index (χ3n) is 5.14. The van der Waals surface area contributed by atoms with Crippen molar-refractivity contribution in [2.75, 3.05) is 0 Å². The van der Waals surface area contributed by atoms with Crippen molar-refractivity contribution in [3.05, 3.63) is 119 Å². The number of esters is 1. The van der Waals surface area contributed by atoms with Gasteiger partial charge in [0.25, 0.3) is 0 Å². The molecule has 0 fully saturated rings. The highest BCUT2D eigenvalue weighted by Gasteiger charge is 2.17. The molecule has 0 aliphatic carbocycles. The molecular formula is C28H24O8. The van der Waals surface area contributed by atoms with E-state index in [1.807, 2.05) is 60.7 Å². The zero-order valence-electron chi connectivity index (χ0n) is 19.0. The van der Waals surface area contributed by atoms with Gasteiger partial charge in [-0.2, -0.15) is 0 Å². The van der Waals surface area contributed by atoms with E-state index in [-0.39, 0.29) is 52.7 Å². The molecule has 5 N–H and O–H groups in total. The molecule has 0 radical (unpaired) electrons. The Bertz CT molecular complexity index is 1330. The molecule has 36 heavy (non-hydrogen) atoms. The first-order chi connectivity index (χ1) is 17.3. The van der Waals surface area contributed by atoms with Crippen LogP contribution in [-0.2, 0) is 17.8 Å². The second-order valence-corrected chi connectivity index (χ2v) is 7.69. The predicted molar refractivity (Wildman–Crippen MR) is 131 cm³/mol. The fraction of sp³-hybridized carbons (Fsp3) is 0.0714. The van der Waals surface area contributed by atoms with Crippen LogP contribution in [0.25, 0.3) is 0 Å². The molecule has 184 valence electrons. The van der Waals surface area contributed by atoms with Crippen molar-refractivity contribution in [1.82, 2.24) is 0 Å². The van der Waals surface area contributed by atoms with Gasteiger partial charge in [-0.3, -0.25) is 0 Å². The van der Waals surface area contributed by atoms with Crippen molar-refractivity contribution in [1.29, 1.82) is 0 Å². The molecule has 8 nitrogen and oxygen atoms in total. The average Bonchev–Trinajstić information content (AvgIpc) is 2.88. The second-order valence-electron chi connectivity index (χ2n) is 7.69. The smallest absolute Gasteiger partial charge is 0.338 e. The number of carboxylic acid groups (broad SMARTS) is 1. The first-order valence-electron chi connectivity index (χ1n) is 10.8. The Morgan fingerprint density at radius 1 is 0.667 bits per heavy atom. The fourth-order valence-corrected chi connectivity index (χ4v) is 3.26. The molecule has 8 heteroatoms. The van der Waals surface area contributed by atoms with Gasteiger partial charge in [-0.05, 0) is 41.5 Å². The van der Waals surface area contributed by atoms with E-state index in [0.29, 0.717) is 0 Å². The van der Waals surface area contributed by atoms with Crippen LogP contribution in [0.2, 0.25) is 0 Å². The highest BCUT2D eigenvalue weighted by Crippen LogP contribution is 2.33. The maximum atomic E-state index is 11.7. The maximum absolute atomic E-state index is 11.7. The number of hydrogen-bond donors (Lipinski definition) is 5. The van der Waals surface area contributed by atoms with Gasteiger partial charge < -0.3 is 30.3 Å². The molecule has 4 rings (SSSR count). The molecule has 0 heterocycles. The van der Waals surface area contributed by atoms with Gasteiger partial charge >= 0.3 is 11.9 Å². The second kappa shape index (κ2) is 11.9. The number of benzene rings is 4. The van der Waals surface area contributed by atoms with Crippen LogP contribution >= 0.6 is 0 Å². The van der Waals surface area contributed by atoms with Gasteiger partial charge in [0, 0.05) is 12.0 Å². The average molecular weight is 488 g/mol. The lowest BCUT2D eigenvalue weighted by Gasteiger charge is -2.10. The highest BCUT2D eigenvalue weighted by atomic mass is 16.5. The topological polar surface area (TPSA) is 145 Å². The predicted octanol–water partition coefficient (Wildman–Crippen LogP) is 4.84. The number of phenols is 4. The number of ether oxygens (including phenoxy) is 1. The minimum absolute atomic E-state index is 0.00541. The van der Waals surface area contributed by atoms with E-state index in [2.05, 4.69) is 0 Å². The zero-order chi connectivity index (χ0) is 26.1. The fourth-order valence-electron chi connectivity index (χ4n) is 3.26. The summed E-state index contributed by atoms with van der Waals surface area (Å²) < 4.78 is 5.08. The first kappa shape index (κ1) is 25.6. The van der Waals surface area contributed by atoms with Gasteiger partial charge in [-0.25, -0.2) is 9.59 Å². The Morgan fingerprint density at radius 3 is 1.83 bits per heavy atom. The molecule has 4 aromatic rings.